The van der Waals surface area contributed by atoms with Gasteiger partial charge in [-0.3, -0.25) is 9.48 Å². The first kappa shape index (κ1) is 12.7. The first-order chi connectivity index (χ1) is 7.61. The van der Waals surface area contributed by atoms with Gasteiger partial charge in [0.25, 0.3) is 0 Å². The van der Waals surface area contributed by atoms with E-state index in [0.29, 0.717) is 25.3 Å². The third-order valence-electron chi connectivity index (χ3n) is 1.95. The number of aromatic nitrogens is 2. The molecular formula is C10H18N4O2. The fourth-order valence-corrected chi connectivity index (χ4v) is 1.24. The molecule has 1 rings (SSSR count). The van der Waals surface area contributed by atoms with Crippen LogP contribution in [0.2, 0.25) is 0 Å². The van der Waals surface area contributed by atoms with Crippen LogP contribution in [0.25, 0.3) is 0 Å². The Morgan fingerprint density at radius 2 is 2.50 bits per heavy atom. The number of nitrogens with one attached hydrogen (secondary N) is 1. The van der Waals surface area contributed by atoms with Gasteiger partial charge in [-0.2, -0.15) is 5.10 Å². The highest BCUT2D eigenvalue weighted by Gasteiger charge is 2.06. The number of amides is 1. The van der Waals surface area contributed by atoms with Crippen LogP contribution in [0.4, 0.5) is 5.69 Å². The van der Waals surface area contributed by atoms with Gasteiger partial charge in [-0.05, 0) is 6.92 Å². The maximum Gasteiger partial charge on any atom is 0.226 e. The van der Waals surface area contributed by atoms with Crippen molar-refractivity contribution in [2.45, 2.75) is 25.9 Å². The van der Waals surface area contributed by atoms with E-state index >= 15 is 0 Å². The zero-order valence-electron chi connectivity index (χ0n) is 9.64. The van der Waals surface area contributed by atoms with Crippen molar-refractivity contribution in [3.63, 3.8) is 0 Å². The summed E-state index contributed by atoms with van der Waals surface area (Å²) in [5, 5.41) is 6.80. The largest absolute Gasteiger partial charge is 0.383 e. The monoisotopic (exact) mass is 226 g/mol. The molecule has 1 unspecified atom stereocenters. The maximum atomic E-state index is 11.4. The summed E-state index contributed by atoms with van der Waals surface area (Å²) in [7, 11) is 1.63. The third-order valence-corrected chi connectivity index (χ3v) is 1.95. The number of carbonyl (C=O) groups excluding carboxylic acids is 1. The fraction of sp³-hybridized carbons (Fsp3) is 0.600. The van der Waals surface area contributed by atoms with Crippen molar-refractivity contribution in [1.29, 1.82) is 0 Å². The van der Waals surface area contributed by atoms with Crippen LogP contribution in [0, 0.1) is 0 Å². The Morgan fingerprint density at radius 1 is 1.75 bits per heavy atom. The van der Waals surface area contributed by atoms with E-state index < -0.39 is 0 Å². The van der Waals surface area contributed by atoms with Gasteiger partial charge < -0.3 is 15.8 Å². The number of carbonyl (C=O) groups is 1. The highest BCUT2D eigenvalue weighted by molar-refractivity contribution is 5.90. The summed E-state index contributed by atoms with van der Waals surface area (Å²) in [5.74, 6) is -0.0960. The summed E-state index contributed by atoms with van der Waals surface area (Å²) in [6.45, 7) is 3.05. The zero-order valence-corrected chi connectivity index (χ0v) is 9.64. The molecule has 0 radical (unpaired) electrons. The smallest absolute Gasteiger partial charge is 0.226 e. The van der Waals surface area contributed by atoms with Gasteiger partial charge in [-0.15, -0.1) is 0 Å². The Bertz CT molecular complexity index is 335. The molecule has 0 aliphatic carbocycles. The fourth-order valence-electron chi connectivity index (χ4n) is 1.24. The quantitative estimate of drug-likeness (QED) is 0.726. The average Bonchev–Trinajstić information content (AvgIpc) is 2.61. The minimum Gasteiger partial charge on any atom is -0.383 e. The highest BCUT2D eigenvalue weighted by Crippen LogP contribution is 2.05. The van der Waals surface area contributed by atoms with E-state index in [1.54, 1.807) is 31.1 Å². The van der Waals surface area contributed by atoms with E-state index in [2.05, 4.69) is 10.4 Å². The van der Waals surface area contributed by atoms with Crippen molar-refractivity contribution in [3.8, 4) is 0 Å². The van der Waals surface area contributed by atoms with E-state index in [-0.39, 0.29) is 11.9 Å². The molecule has 1 atom stereocenters. The zero-order chi connectivity index (χ0) is 12.0. The molecule has 0 aliphatic heterocycles. The van der Waals surface area contributed by atoms with Crippen LogP contribution in [0.1, 0.15) is 13.3 Å². The summed E-state index contributed by atoms with van der Waals surface area (Å²) in [5.41, 5.74) is 6.20. The summed E-state index contributed by atoms with van der Waals surface area (Å²) in [4.78, 5) is 11.4. The molecule has 6 nitrogen and oxygen atoms in total. The molecule has 6 heteroatoms. The average molecular weight is 226 g/mol. The molecule has 0 aliphatic rings. The Kier molecular flexibility index (Phi) is 4.94. The molecular weight excluding hydrogens is 208 g/mol. The highest BCUT2D eigenvalue weighted by atomic mass is 16.5. The van der Waals surface area contributed by atoms with Gasteiger partial charge in [0.15, 0.2) is 0 Å². The number of rotatable bonds is 6. The van der Waals surface area contributed by atoms with Crippen LogP contribution in [0.3, 0.4) is 0 Å². The Labute approximate surface area is 94.8 Å². The molecule has 0 saturated carbocycles. The minimum atomic E-state index is -0.136. The number of methoxy groups -OCH3 is 1. The predicted octanol–water partition coefficient (Wildman–Crippen LogP) is 0.205. The van der Waals surface area contributed by atoms with Crippen molar-refractivity contribution >= 4 is 11.6 Å². The Hall–Kier alpha value is -1.40. The lowest BCUT2D eigenvalue weighted by Crippen LogP contribution is -2.23. The van der Waals surface area contributed by atoms with E-state index in [1.165, 1.54) is 0 Å². The van der Waals surface area contributed by atoms with Crippen LogP contribution >= 0.6 is 0 Å². The van der Waals surface area contributed by atoms with E-state index in [9.17, 15) is 4.79 Å². The van der Waals surface area contributed by atoms with E-state index in [4.69, 9.17) is 10.5 Å². The molecule has 0 aromatic carbocycles. The second-order valence-electron chi connectivity index (χ2n) is 3.71. The molecule has 0 fully saturated rings. The van der Waals surface area contributed by atoms with Crippen LogP contribution in [0.5, 0.6) is 0 Å². The molecule has 0 spiro atoms. The van der Waals surface area contributed by atoms with Crippen molar-refractivity contribution < 1.29 is 9.53 Å². The van der Waals surface area contributed by atoms with Crippen molar-refractivity contribution in [2.75, 3.05) is 19.0 Å². The predicted molar refractivity (Wildman–Crippen MR) is 61.0 cm³/mol. The molecule has 0 bridgehead atoms. The van der Waals surface area contributed by atoms with Crippen molar-refractivity contribution in [1.82, 2.24) is 9.78 Å². The normalized spacial score (nSPS) is 12.4. The number of ether oxygens (including phenoxy) is 1. The first-order valence-electron chi connectivity index (χ1n) is 5.18. The molecule has 1 heterocycles. The molecule has 0 saturated heterocycles. The number of nitrogens with zero attached hydrogens (tertiary/aromatic N) is 2. The molecule has 16 heavy (non-hydrogen) atoms. The van der Waals surface area contributed by atoms with Gasteiger partial charge in [-0.25, -0.2) is 0 Å². The molecule has 1 aromatic rings. The lowest BCUT2D eigenvalue weighted by molar-refractivity contribution is -0.116. The number of nitrogens with two attached hydrogens (primary N) is 1. The number of hydrogen-bond donors (Lipinski definition) is 2. The first-order valence-corrected chi connectivity index (χ1v) is 5.18. The molecule has 3 N–H and O–H groups in total. The van der Waals surface area contributed by atoms with Crippen molar-refractivity contribution in [2.24, 2.45) is 5.73 Å². The minimum absolute atomic E-state index is 0.0960. The third kappa shape index (κ3) is 4.41. The van der Waals surface area contributed by atoms with E-state index in [0.717, 1.165) is 0 Å². The second kappa shape index (κ2) is 6.24. The van der Waals surface area contributed by atoms with Crippen LogP contribution in [-0.4, -0.2) is 35.4 Å². The number of anilines is 1. The van der Waals surface area contributed by atoms with Gasteiger partial charge in [0.1, 0.15) is 0 Å². The summed E-state index contributed by atoms with van der Waals surface area (Å²) in [6, 6.07) is -0.136. The Morgan fingerprint density at radius 3 is 3.12 bits per heavy atom. The molecule has 1 aromatic heterocycles. The van der Waals surface area contributed by atoms with E-state index in [1.807, 2.05) is 0 Å². The van der Waals surface area contributed by atoms with Crippen LogP contribution < -0.4 is 11.1 Å². The summed E-state index contributed by atoms with van der Waals surface area (Å²) >= 11 is 0. The number of hydrogen-bond acceptors (Lipinski definition) is 4. The van der Waals surface area contributed by atoms with Gasteiger partial charge in [-0.1, -0.05) is 0 Å². The summed E-state index contributed by atoms with van der Waals surface area (Å²) < 4.78 is 6.64. The summed E-state index contributed by atoms with van der Waals surface area (Å²) in [6.07, 6.45) is 3.68. The van der Waals surface area contributed by atoms with Gasteiger partial charge in [0.05, 0.1) is 25.0 Å². The van der Waals surface area contributed by atoms with Crippen LogP contribution in [-0.2, 0) is 16.1 Å². The van der Waals surface area contributed by atoms with Gasteiger partial charge in [0, 0.05) is 25.8 Å². The topological polar surface area (TPSA) is 82.2 Å². The van der Waals surface area contributed by atoms with Crippen molar-refractivity contribution in [3.05, 3.63) is 12.4 Å². The molecule has 1 amide bonds. The standard InChI is InChI=1S/C10H18N4O2/c1-8(11)5-10(15)13-9-6-12-14(7-9)3-4-16-2/h6-8H,3-5,11H2,1-2H3,(H,13,15). The van der Waals surface area contributed by atoms with Gasteiger partial charge in [0.2, 0.25) is 5.91 Å². The SMILES string of the molecule is COCCn1cc(NC(=O)CC(C)N)cn1. The Balaban J connectivity index is 2.42. The second-order valence-corrected chi connectivity index (χ2v) is 3.71. The lowest BCUT2D eigenvalue weighted by atomic mass is 10.2. The maximum absolute atomic E-state index is 11.4. The van der Waals surface area contributed by atoms with Gasteiger partial charge >= 0.3 is 0 Å². The van der Waals surface area contributed by atoms with Crippen LogP contribution in [0.15, 0.2) is 12.4 Å². The lowest BCUT2D eigenvalue weighted by Gasteiger charge is -2.04. The molecule has 90 valence electrons.